The molecule has 0 amide bonds. The number of benzene rings is 1. The smallest absolute Gasteiger partial charge is 0.316 e. The van der Waals surface area contributed by atoms with Gasteiger partial charge >= 0.3 is 5.97 Å². The van der Waals surface area contributed by atoms with Crippen molar-refractivity contribution in [1.29, 1.82) is 0 Å². The van der Waals surface area contributed by atoms with Gasteiger partial charge in [-0.05, 0) is 19.3 Å². The van der Waals surface area contributed by atoms with E-state index in [0.29, 0.717) is 12.0 Å². The fourth-order valence-electron chi connectivity index (χ4n) is 2.47. The van der Waals surface area contributed by atoms with Gasteiger partial charge in [0.2, 0.25) is 0 Å². The van der Waals surface area contributed by atoms with Crippen LogP contribution in [-0.2, 0) is 9.53 Å². The van der Waals surface area contributed by atoms with Crippen molar-refractivity contribution in [1.82, 2.24) is 0 Å². The van der Waals surface area contributed by atoms with E-state index >= 15 is 0 Å². The molecule has 0 saturated carbocycles. The molecule has 0 fully saturated rings. The third kappa shape index (κ3) is 6.25. The fourth-order valence-corrected chi connectivity index (χ4v) is 2.47. The lowest BCUT2D eigenvalue weighted by Crippen LogP contribution is -2.25. The monoisotopic (exact) mass is 302 g/mol. The first-order valence-electron chi connectivity index (χ1n) is 7.98. The van der Waals surface area contributed by atoms with Gasteiger partial charge in [0.05, 0.1) is 7.11 Å². The second kappa shape index (κ2) is 10.8. The van der Waals surface area contributed by atoms with E-state index in [4.69, 9.17) is 4.74 Å². The van der Waals surface area contributed by atoms with Crippen LogP contribution in [0, 0.1) is 5.92 Å². The van der Waals surface area contributed by atoms with Crippen molar-refractivity contribution in [3.63, 3.8) is 0 Å². The molecule has 0 aliphatic heterocycles. The van der Waals surface area contributed by atoms with Gasteiger partial charge in [0.15, 0.2) is 5.78 Å². The summed E-state index contributed by atoms with van der Waals surface area (Å²) in [4.78, 5) is 24.3. The Balaban J connectivity index is 2.46. The average molecular weight is 302 g/mol. The number of Topliss-reactive ketones (excluding diaryl/α,β-unsaturated/α-hetero) is 1. The van der Waals surface area contributed by atoms with Crippen LogP contribution < -0.4 is 0 Å². The van der Waals surface area contributed by atoms with E-state index < -0.39 is 11.9 Å². The van der Waals surface area contributed by atoms with Crippen LogP contribution in [-0.4, -0.2) is 18.9 Å². The Morgan fingerprint density at radius 1 is 1.09 bits per heavy atom. The fraction of sp³-hybridized carbons (Fsp3) is 0.474. The molecular weight excluding hydrogens is 276 g/mol. The third-order valence-corrected chi connectivity index (χ3v) is 3.76. The Hall–Kier alpha value is -1.90. The number of ether oxygens (including phenoxy) is 1. The van der Waals surface area contributed by atoms with Gasteiger partial charge in [0, 0.05) is 5.56 Å². The maximum Gasteiger partial charge on any atom is 0.316 e. The summed E-state index contributed by atoms with van der Waals surface area (Å²) in [6, 6.07) is 8.96. The molecule has 0 heterocycles. The number of ketones is 1. The topological polar surface area (TPSA) is 43.4 Å². The maximum absolute atomic E-state index is 12.4. The molecule has 1 unspecified atom stereocenters. The minimum atomic E-state index is -0.680. The van der Waals surface area contributed by atoms with Gasteiger partial charge in [-0.15, -0.1) is 6.58 Å². The molecule has 3 heteroatoms. The van der Waals surface area contributed by atoms with Crippen molar-refractivity contribution < 1.29 is 14.3 Å². The van der Waals surface area contributed by atoms with Crippen LogP contribution in [0.3, 0.4) is 0 Å². The lowest BCUT2D eigenvalue weighted by Gasteiger charge is -2.13. The summed E-state index contributed by atoms with van der Waals surface area (Å²) >= 11 is 0. The van der Waals surface area contributed by atoms with E-state index in [1.54, 1.807) is 24.3 Å². The Kier molecular flexibility index (Phi) is 8.89. The molecule has 0 radical (unpaired) electrons. The van der Waals surface area contributed by atoms with Gasteiger partial charge in [-0.2, -0.15) is 0 Å². The number of allylic oxidation sites excluding steroid dienone is 1. The van der Waals surface area contributed by atoms with Crippen LogP contribution in [0.25, 0.3) is 0 Å². The number of carbonyl (C=O) groups excluding carboxylic acids is 2. The minimum absolute atomic E-state index is 0.140. The van der Waals surface area contributed by atoms with Crippen LogP contribution in [0.15, 0.2) is 43.0 Å². The third-order valence-electron chi connectivity index (χ3n) is 3.76. The summed E-state index contributed by atoms with van der Waals surface area (Å²) in [5.41, 5.74) is 0.573. The molecule has 3 nitrogen and oxygen atoms in total. The predicted molar refractivity (Wildman–Crippen MR) is 88.8 cm³/mol. The Bertz CT molecular complexity index is 465. The number of carbonyl (C=O) groups is 2. The first-order valence-corrected chi connectivity index (χ1v) is 7.98. The summed E-state index contributed by atoms with van der Waals surface area (Å²) in [6.07, 6.45) is 8.90. The lowest BCUT2D eigenvalue weighted by molar-refractivity contribution is -0.143. The zero-order valence-corrected chi connectivity index (χ0v) is 13.4. The highest BCUT2D eigenvalue weighted by Crippen LogP contribution is 2.18. The van der Waals surface area contributed by atoms with Crippen LogP contribution in [0.4, 0.5) is 0 Å². The molecule has 0 N–H and O–H groups in total. The number of unbranched alkanes of at least 4 members (excludes halogenated alkanes) is 5. The van der Waals surface area contributed by atoms with Crippen molar-refractivity contribution in [2.45, 2.75) is 44.9 Å². The van der Waals surface area contributed by atoms with Gasteiger partial charge in [-0.3, -0.25) is 9.59 Å². The standard InChI is InChI=1S/C19H26O3/c1-3-4-5-6-7-8-12-15-17(19(21)22-2)18(20)16-13-10-9-11-14-16/h3,9-11,13-14,17H,1,4-8,12,15H2,2H3. The van der Waals surface area contributed by atoms with Crippen molar-refractivity contribution in [2.24, 2.45) is 5.92 Å². The second-order valence-corrected chi connectivity index (χ2v) is 5.44. The summed E-state index contributed by atoms with van der Waals surface area (Å²) < 4.78 is 4.79. The largest absolute Gasteiger partial charge is 0.468 e. The summed E-state index contributed by atoms with van der Waals surface area (Å²) in [6.45, 7) is 3.71. The number of hydrogen-bond acceptors (Lipinski definition) is 3. The van der Waals surface area contributed by atoms with Crippen LogP contribution in [0.1, 0.15) is 55.3 Å². The van der Waals surface area contributed by atoms with Crippen LogP contribution >= 0.6 is 0 Å². The Morgan fingerprint density at radius 3 is 2.36 bits per heavy atom. The molecular formula is C19H26O3. The Morgan fingerprint density at radius 2 is 1.73 bits per heavy atom. The SMILES string of the molecule is C=CCCCCCCCC(C(=O)OC)C(=O)c1ccccc1. The lowest BCUT2D eigenvalue weighted by atomic mass is 9.92. The molecule has 0 aliphatic carbocycles. The molecule has 22 heavy (non-hydrogen) atoms. The first-order chi connectivity index (χ1) is 10.7. The number of rotatable bonds is 11. The van der Waals surface area contributed by atoms with Gasteiger partial charge in [0.25, 0.3) is 0 Å². The number of methoxy groups -OCH3 is 1. The molecule has 0 saturated heterocycles. The normalized spacial score (nSPS) is 11.7. The van der Waals surface area contributed by atoms with E-state index in [1.165, 1.54) is 13.5 Å². The average Bonchev–Trinajstić information content (AvgIpc) is 2.57. The van der Waals surface area contributed by atoms with Crippen molar-refractivity contribution in [2.75, 3.05) is 7.11 Å². The van der Waals surface area contributed by atoms with E-state index in [-0.39, 0.29) is 5.78 Å². The molecule has 0 aliphatic rings. The molecule has 1 aromatic rings. The van der Waals surface area contributed by atoms with Crippen molar-refractivity contribution >= 4 is 11.8 Å². The highest BCUT2D eigenvalue weighted by atomic mass is 16.5. The predicted octanol–water partition coefficient (Wildman–Crippen LogP) is 4.58. The van der Waals surface area contributed by atoms with Crippen LogP contribution in [0.5, 0.6) is 0 Å². The molecule has 1 aromatic carbocycles. The van der Waals surface area contributed by atoms with Crippen molar-refractivity contribution in [3.05, 3.63) is 48.6 Å². The highest BCUT2D eigenvalue weighted by molar-refractivity contribution is 6.08. The molecule has 1 rings (SSSR count). The molecule has 1 atom stereocenters. The maximum atomic E-state index is 12.4. The van der Waals surface area contributed by atoms with Crippen LogP contribution in [0.2, 0.25) is 0 Å². The van der Waals surface area contributed by atoms with Gasteiger partial charge in [-0.1, -0.05) is 62.1 Å². The van der Waals surface area contributed by atoms with Crippen molar-refractivity contribution in [3.8, 4) is 0 Å². The minimum Gasteiger partial charge on any atom is -0.468 e. The molecule has 0 aromatic heterocycles. The summed E-state index contributed by atoms with van der Waals surface area (Å²) in [5, 5.41) is 0. The summed E-state index contributed by atoms with van der Waals surface area (Å²) in [5.74, 6) is -1.25. The van der Waals surface area contributed by atoms with E-state index in [2.05, 4.69) is 6.58 Å². The van der Waals surface area contributed by atoms with E-state index in [0.717, 1.165) is 32.1 Å². The number of hydrogen-bond donors (Lipinski definition) is 0. The van der Waals surface area contributed by atoms with Gasteiger partial charge in [0.1, 0.15) is 5.92 Å². The van der Waals surface area contributed by atoms with E-state index in [1.807, 2.05) is 12.1 Å². The zero-order chi connectivity index (χ0) is 16.2. The Labute approximate surface area is 133 Å². The molecule has 0 spiro atoms. The van der Waals surface area contributed by atoms with Gasteiger partial charge in [-0.25, -0.2) is 0 Å². The molecule has 0 bridgehead atoms. The summed E-state index contributed by atoms with van der Waals surface area (Å²) in [7, 11) is 1.34. The highest BCUT2D eigenvalue weighted by Gasteiger charge is 2.27. The second-order valence-electron chi connectivity index (χ2n) is 5.44. The quantitative estimate of drug-likeness (QED) is 0.198. The van der Waals surface area contributed by atoms with Gasteiger partial charge < -0.3 is 4.74 Å². The number of esters is 1. The molecule has 120 valence electrons. The first kappa shape index (κ1) is 18.1. The zero-order valence-electron chi connectivity index (χ0n) is 13.4. The van der Waals surface area contributed by atoms with E-state index in [9.17, 15) is 9.59 Å².